The molecule has 0 aliphatic rings. The molecular formula is C13H19BrN2O2. The molecule has 5 heteroatoms. The molecular weight excluding hydrogens is 296 g/mol. The molecule has 0 aromatic heterocycles. The lowest BCUT2D eigenvalue weighted by Crippen LogP contribution is -2.41. The van der Waals surface area contributed by atoms with Gasteiger partial charge in [0, 0.05) is 17.2 Å². The van der Waals surface area contributed by atoms with Crippen LogP contribution >= 0.6 is 15.9 Å². The molecule has 1 aromatic rings. The molecule has 0 atom stereocenters. The van der Waals surface area contributed by atoms with E-state index >= 15 is 0 Å². The number of likely N-dealkylation sites (N-methyl/N-ethyl adjacent to an activating group) is 1. The Balaban J connectivity index is 2.67. The van der Waals surface area contributed by atoms with Gasteiger partial charge in [0.15, 0.2) is 0 Å². The minimum absolute atomic E-state index is 0.237. The predicted molar refractivity (Wildman–Crippen MR) is 76.8 cm³/mol. The van der Waals surface area contributed by atoms with Crippen LogP contribution in [0.3, 0.4) is 0 Å². The third kappa shape index (κ3) is 4.66. The van der Waals surface area contributed by atoms with Crippen LogP contribution in [0.4, 0.5) is 10.5 Å². The number of urea groups is 1. The average Bonchev–Trinajstić information content (AvgIpc) is 2.21. The number of nitrogens with zero attached hydrogens (tertiary/aromatic N) is 1. The van der Waals surface area contributed by atoms with Crippen LogP contribution in [-0.4, -0.2) is 35.2 Å². The van der Waals surface area contributed by atoms with Crippen molar-refractivity contribution in [1.82, 2.24) is 4.90 Å². The first-order valence-corrected chi connectivity index (χ1v) is 6.49. The first-order chi connectivity index (χ1) is 8.19. The van der Waals surface area contributed by atoms with Gasteiger partial charge < -0.3 is 15.3 Å². The van der Waals surface area contributed by atoms with Gasteiger partial charge >= 0.3 is 6.03 Å². The lowest BCUT2D eigenvalue weighted by atomic mass is 10.1. The summed E-state index contributed by atoms with van der Waals surface area (Å²) in [6.07, 6.45) is 0. The minimum Gasteiger partial charge on any atom is -0.389 e. The first-order valence-electron chi connectivity index (χ1n) is 5.70. The first kappa shape index (κ1) is 15.0. The van der Waals surface area contributed by atoms with E-state index in [1.165, 1.54) is 4.90 Å². The molecule has 0 saturated heterocycles. The number of aliphatic hydroxyl groups is 1. The summed E-state index contributed by atoms with van der Waals surface area (Å²) >= 11 is 3.41. The van der Waals surface area contributed by atoms with Crippen molar-refractivity contribution in [2.45, 2.75) is 26.4 Å². The Labute approximate surface area is 116 Å². The second-order valence-electron chi connectivity index (χ2n) is 5.06. The highest BCUT2D eigenvalue weighted by Crippen LogP contribution is 2.20. The Morgan fingerprint density at radius 3 is 2.61 bits per heavy atom. The number of carbonyl (C=O) groups is 1. The summed E-state index contributed by atoms with van der Waals surface area (Å²) in [4.78, 5) is 13.3. The van der Waals surface area contributed by atoms with Gasteiger partial charge in [0.2, 0.25) is 0 Å². The van der Waals surface area contributed by atoms with Crippen molar-refractivity contribution in [2.24, 2.45) is 0 Å². The van der Waals surface area contributed by atoms with Crippen LogP contribution in [0, 0.1) is 6.92 Å². The molecule has 0 spiro atoms. The summed E-state index contributed by atoms with van der Waals surface area (Å²) in [5.41, 5.74) is 0.892. The zero-order valence-electron chi connectivity index (χ0n) is 11.1. The van der Waals surface area contributed by atoms with E-state index in [1.54, 1.807) is 20.9 Å². The maximum atomic E-state index is 11.9. The number of rotatable bonds is 3. The lowest BCUT2D eigenvalue weighted by Gasteiger charge is -2.25. The summed E-state index contributed by atoms with van der Waals surface area (Å²) in [6, 6.07) is 5.37. The summed E-state index contributed by atoms with van der Waals surface area (Å²) in [7, 11) is 1.65. The topological polar surface area (TPSA) is 52.6 Å². The number of amides is 2. The molecule has 100 valence electrons. The molecule has 4 nitrogen and oxygen atoms in total. The molecule has 0 aliphatic carbocycles. The number of hydrogen-bond donors (Lipinski definition) is 2. The van der Waals surface area contributed by atoms with Crippen LogP contribution in [0.2, 0.25) is 0 Å². The zero-order chi connectivity index (χ0) is 13.9. The second-order valence-corrected chi connectivity index (χ2v) is 5.92. The molecule has 0 aliphatic heterocycles. The summed E-state index contributed by atoms with van der Waals surface area (Å²) in [5.74, 6) is 0. The van der Waals surface area contributed by atoms with Crippen LogP contribution in [0.1, 0.15) is 19.4 Å². The third-order valence-electron chi connectivity index (χ3n) is 2.38. The van der Waals surface area contributed by atoms with E-state index in [0.717, 1.165) is 15.7 Å². The minimum atomic E-state index is -0.901. The normalized spacial score (nSPS) is 11.2. The fraction of sp³-hybridized carbons (Fsp3) is 0.462. The largest absolute Gasteiger partial charge is 0.389 e. The lowest BCUT2D eigenvalue weighted by molar-refractivity contribution is 0.0550. The van der Waals surface area contributed by atoms with Gasteiger partial charge in [0.1, 0.15) is 0 Å². The van der Waals surface area contributed by atoms with E-state index in [-0.39, 0.29) is 12.6 Å². The summed E-state index contributed by atoms with van der Waals surface area (Å²) in [5, 5.41) is 12.4. The highest BCUT2D eigenvalue weighted by atomic mass is 79.9. The molecule has 2 amide bonds. The van der Waals surface area contributed by atoms with Crippen molar-refractivity contribution in [2.75, 3.05) is 18.9 Å². The van der Waals surface area contributed by atoms with Gasteiger partial charge in [0.05, 0.1) is 12.1 Å². The molecule has 0 saturated carbocycles. The predicted octanol–water partition coefficient (Wildman–Crippen LogP) is 2.99. The number of halogens is 1. The van der Waals surface area contributed by atoms with E-state index in [2.05, 4.69) is 21.2 Å². The average molecular weight is 315 g/mol. The number of anilines is 1. The third-order valence-corrected chi connectivity index (χ3v) is 3.27. The van der Waals surface area contributed by atoms with Crippen molar-refractivity contribution in [1.29, 1.82) is 0 Å². The monoisotopic (exact) mass is 314 g/mol. The van der Waals surface area contributed by atoms with E-state index < -0.39 is 5.60 Å². The van der Waals surface area contributed by atoms with Gasteiger partial charge in [-0.15, -0.1) is 0 Å². The molecule has 0 bridgehead atoms. The summed E-state index contributed by atoms with van der Waals surface area (Å²) in [6.45, 7) is 5.57. The fourth-order valence-electron chi connectivity index (χ4n) is 1.59. The van der Waals surface area contributed by atoms with Crippen LogP contribution in [0.15, 0.2) is 22.7 Å². The maximum Gasteiger partial charge on any atom is 0.321 e. The van der Waals surface area contributed by atoms with Gasteiger partial charge in [0.25, 0.3) is 0 Å². The Morgan fingerprint density at radius 1 is 1.50 bits per heavy atom. The van der Waals surface area contributed by atoms with E-state index in [0.29, 0.717) is 0 Å². The number of nitrogens with one attached hydrogen (secondary N) is 1. The number of hydrogen-bond acceptors (Lipinski definition) is 2. The smallest absolute Gasteiger partial charge is 0.321 e. The van der Waals surface area contributed by atoms with Gasteiger partial charge in [-0.2, -0.15) is 0 Å². The van der Waals surface area contributed by atoms with Crippen molar-refractivity contribution in [3.63, 3.8) is 0 Å². The molecule has 0 unspecified atom stereocenters. The van der Waals surface area contributed by atoms with E-state index in [9.17, 15) is 9.90 Å². The Morgan fingerprint density at radius 2 is 2.11 bits per heavy atom. The van der Waals surface area contributed by atoms with Crippen LogP contribution < -0.4 is 5.32 Å². The van der Waals surface area contributed by atoms with Crippen LogP contribution in [0.5, 0.6) is 0 Å². The van der Waals surface area contributed by atoms with E-state index in [4.69, 9.17) is 0 Å². The molecule has 1 aromatic carbocycles. The SMILES string of the molecule is Cc1cc(NC(=O)N(C)CC(C)(C)O)ccc1Br. The van der Waals surface area contributed by atoms with Crippen LogP contribution in [-0.2, 0) is 0 Å². The van der Waals surface area contributed by atoms with E-state index in [1.807, 2.05) is 25.1 Å². The summed E-state index contributed by atoms with van der Waals surface area (Å²) < 4.78 is 1.00. The van der Waals surface area contributed by atoms with Crippen molar-refractivity contribution in [3.05, 3.63) is 28.2 Å². The Kier molecular flexibility index (Phi) is 4.76. The maximum absolute atomic E-state index is 11.9. The zero-order valence-corrected chi connectivity index (χ0v) is 12.7. The van der Waals surface area contributed by atoms with Crippen LogP contribution in [0.25, 0.3) is 0 Å². The molecule has 1 rings (SSSR count). The highest BCUT2D eigenvalue weighted by molar-refractivity contribution is 9.10. The van der Waals surface area contributed by atoms with Crippen molar-refractivity contribution in [3.8, 4) is 0 Å². The Bertz CT molecular complexity index is 441. The second kappa shape index (κ2) is 5.71. The van der Waals surface area contributed by atoms with Gasteiger partial charge in [-0.25, -0.2) is 4.79 Å². The number of carbonyl (C=O) groups excluding carboxylic acids is 1. The molecule has 0 heterocycles. The number of aryl methyl sites for hydroxylation is 1. The van der Waals surface area contributed by atoms with Gasteiger partial charge in [-0.1, -0.05) is 15.9 Å². The highest BCUT2D eigenvalue weighted by Gasteiger charge is 2.19. The molecule has 0 fully saturated rings. The van der Waals surface area contributed by atoms with Crippen molar-refractivity contribution >= 4 is 27.6 Å². The van der Waals surface area contributed by atoms with Gasteiger partial charge in [-0.3, -0.25) is 0 Å². The fourth-order valence-corrected chi connectivity index (χ4v) is 1.84. The quantitative estimate of drug-likeness (QED) is 0.901. The molecule has 18 heavy (non-hydrogen) atoms. The number of benzene rings is 1. The molecule has 0 radical (unpaired) electrons. The van der Waals surface area contributed by atoms with Gasteiger partial charge in [-0.05, 0) is 44.5 Å². The molecule has 2 N–H and O–H groups in total. The standard InChI is InChI=1S/C13H19BrN2O2/c1-9-7-10(5-6-11(9)14)15-12(17)16(4)8-13(2,3)18/h5-7,18H,8H2,1-4H3,(H,15,17). The van der Waals surface area contributed by atoms with Crippen molar-refractivity contribution < 1.29 is 9.90 Å². The Hall–Kier alpha value is -1.07.